The minimum atomic E-state index is -4.53. The summed E-state index contributed by atoms with van der Waals surface area (Å²) in [5, 5.41) is 14.3. The quantitative estimate of drug-likeness (QED) is 0.0828. The molecule has 15 aromatic rings. The number of hydrogen-bond donors (Lipinski definition) is 0. The first-order valence-electron chi connectivity index (χ1n) is 30.2. The van der Waals surface area contributed by atoms with Gasteiger partial charge in [-0.05, 0) is 152 Å². The molecule has 0 aliphatic carbocycles. The van der Waals surface area contributed by atoms with Crippen molar-refractivity contribution in [1.82, 2.24) is 9.13 Å². The molecule has 8 heteroatoms. The second-order valence-corrected chi connectivity index (χ2v) is 30.9. The molecule has 2 heterocycles. The van der Waals surface area contributed by atoms with Gasteiger partial charge in [0, 0.05) is 50.0 Å². The largest absolute Gasteiger partial charge is 0.416 e. The number of rotatable bonds is 13. The highest BCUT2D eigenvalue weighted by atomic mass is 28.3. The van der Waals surface area contributed by atoms with Crippen molar-refractivity contribution in [2.45, 2.75) is 20.0 Å². The van der Waals surface area contributed by atoms with Gasteiger partial charge in [0.05, 0.1) is 27.6 Å². The summed E-state index contributed by atoms with van der Waals surface area (Å²) in [6, 6.07) is 116. The second kappa shape index (κ2) is 22.3. The van der Waals surface area contributed by atoms with Crippen molar-refractivity contribution in [2.24, 2.45) is 0 Å². The highest BCUT2D eigenvalue weighted by Gasteiger charge is 2.43. The van der Waals surface area contributed by atoms with E-state index in [4.69, 9.17) is 0 Å². The van der Waals surface area contributed by atoms with Crippen LogP contribution in [0, 0.1) is 13.8 Å². The van der Waals surface area contributed by atoms with Crippen molar-refractivity contribution >= 4 is 118 Å². The van der Waals surface area contributed by atoms with Gasteiger partial charge in [0.15, 0.2) is 16.1 Å². The van der Waals surface area contributed by atoms with E-state index in [0.717, 1.165) is 77.5 Å². The summed E-state index contributed by atoms with van der Waals surface area (Å²) < 4.78 is 48.5. The van der Waals surface area contributed by atoms with Gasteiger partial charge >= 0.3 is 6.18 Å². The highest BCUT2D eigenvalue weighted by Crippen LogP contribution is 2.43. The average molecular weight is 1190 g/mol. The molecule has 0 amide bonds. The van der Waals surface area contributed by atoms with Crippen molar-refractivity contribution in [2.75, 3.05) is 4.90 Å². The fraction of sp³-hybridized carbons (Fsp3) is 0.0370. The van der Waals surface area contributed by atoms with Crippen molar-refractivity contribution in [3.05, 3.63) is 344 Å². The zero-order valence-corrected chi connectivity index (χ0v) is 51.2. The van der Waals surface area contributed by atoms with Crippen molar-refractivity contribution in [1.29, 1.82) is 0 Å². The number of aromatic nitrogens is 2. The van der Waals surface area contributed by atoms with E-state index in [-0.39, 0.29) is 0 Å². The van der Waals surface area contributed by atoms with Crippen LogP contribution >= 0.6 is 0 Å². The molecular weight excluding hydrogens is 1130 g/mol. The first-order chi connectivity index (χ1) is 43.6. The van der Waals surface area contributed by atoms with Crippen molar-refractivity contribution in [3.8, 4) is 11.4 Å². The first kappa shape index (κ1) is 55.1. The molecule has 2 aromatic heterocycles. The monoisotopic (exact) mass is 1190 g/mol. The van der Waals surface area contributed by atoms with Gasteiger partial charge in [0.2, 0.25) is 0 Å². The van der Waals surface area contributed by atoms with Crippen LogP contribution < -0.4 is 46.4 Å². The molecule has 0 atom stereocenters. The maximum absolute atomic E-state index is 14.6. The van der Waals surface area contributed by atoms with Crippen LogP contribution in [0.2, 0.25) is 0 Å². The Morgan fingerprint density at radius 2 is 0.539 bits per heavy atom. The molecule has 89 heavy (non-hydrogen) atoms. The van der Waals surface area contributed by atoms with Crippen LogP contribution in [0.5, 0.6) is 0 Å². The molecule has 0 saturated carbocycles. The van der Waals surface area contributed by atoms with E-state index in [9.17, 15) is 13.2 Å². The minimum absolute atomic E-state index is 0.593. The molecule has 428 valence electrons. The van der Waals surface area contributed by atoms with E-state index >= 15 is 0 Å². The molecule has 0 aliphatic heterocycles. The lowest BCUT2D eigenvalue weighted by atomic mass is 10.1. The third kappa shape index (κ3) is 9.33. The van der Waals surface area contributed by atoms with E-state index < -0.39 is 27.9 Å². The normalized spacial score (nSPS) is 12.1. The third-order valence-corrected chi connectivity index (χ3v) is 27.7. The smallest absolute Gasteiger partial charge is 0.310 e. The molecule has 0 bridgehead atoms. The number of anilines is 3. The van der Waals surface area contributed by atoms with Gasteiger partial charge < -0.3 is 14.0 Å². The maximum atomic E-state index is 14.6. The van der Waals surface area contributed by atoms with E-state index in [2.05, 4.69) is 331 Å². The van der Waals surface area contributed by atoms with E-state index in [0.29, 0.717) is 5.69 Å². The van der Waals surface area contributed by atoms with E-state index in [1.807, 2.05) is 0 Å². The van der Waals surface area contributed by atoms with Crippen LogP contribution in [0.25, 0.3) is 55.0 Å². The lowest BCUT2D eigenvalue weighted by Crippen LogP contribution is -2.74. The topological polar surface area (TPSA) is 13.1 Å². The Balaban J connectivity index is 1.01. The highest BCUT2D eigenvalue weighted by molar-refractivity contribution is 7.20. The fourth-order valence-corrected chi connectivity index (χ4v) is 23.6. The van der Waals surface area contributed by atoms with Gasteiger partial charge in [-0.2, -0.15) is 13.2 Å². The van der Waals surface area contributed by atoms with Crippen LogP contribution in [-0.2, 0) is 6.18 Å². The Bertz CT molecular complexity index is 4550. The maximum Gasteiger partial charge on any atom is 0.416 e. The predicted molar refractivity (Wildman–Crippen MR) is 372 cm³/mol. The second-order valence-electron chi connectivity index (χ2n) is 23.3. The van der Waals surface area contributed by atoms with Crippen molar-refractivity contribution in [3.63, 3.8) is 0 Å². The Hall–Kier alpha value is -10.5. The Labute approximate surface area is 518 Å². The van der Waals surface area contributed by atoms with Crippen LogP contribution in [0.4, 0.5) is 30.2 Å². The fourth-order valence-electron chi connectivity index (χ4n) is 14.1. The van der Waals surface area contributed by atoms with Crippen LogP contribution in [0.15, 0.2) is 328 Å². The molecule has 0 aliphatic rings. The van der Waals surface area contributed by atoms with E-state index in [1.165, 1.54) is 53.6 Å². The molecule has 0 N–H and O–H groups in total. The molecule has 15 rings (SSSR count). The van der Waals surface area contributed by atoms with Crippen molar-refractivity contribution < 1.29 is 13.2 Å². The number of hydrogen-bond acceptors (Lipinski definition) is 1. The molecule has 0 radical (unpaired) electrons. The number of benzene rings is 13. The average Bonchev–Trinajstić information content (AvgIpc) is 1.76. The van der Waals surface area contributed by atoms with Gasteiger partial charge in [-0.3, -0.25) is 0 Å². The summed E-state index contributed by atoms with van der Waals surface area (Å²) in [6.07, 6.45) is -4.53. The number of nitrogens with zero attached hydrogens (tertiary/aromatic N) is 3. The molecule has 0 saturated heterocycles. The molecule has 13 aromatic carbocycles. The zero-order chi connectivity index (χ0) is 60.3. The summed E-state index contributed by atoms with van der Waals surface area (Å²) >= 11 is 0. The Morgan fingerprint density at radius 3 is 0.831 bits per heavy atom. The van der Waals surface area contributed by atoms with Gasteiger partial charge in [0.25, 0.3) is 0 Å². The van der Waals surface area contributed by atoms with E-state index in [1.54, 1.807) is 12.1 Å². The van der Waals surface area contributed by atoms with Gasteiger partial charge in [-0.1, -0.05) is 242 Å². The third-order valence-electron chi connectivity index (χ3n) is 18.2. The summed E-state index contributed by atoms with van der Waals surface area (Å²) in [6.45, 7) is 4.22. The number of fused-ring (bicyclic) bond motifs is 6. The van der Waals surface area contributed by atoms with Crippen LogP contribution in [0.3, 0.4) is 0 Å². The Morgan fingerprint density at radius 1 is 0.270 bits per heavy atom. The van der Waals surface area contributed by atoms with Crippen LogP contribution in [0.1, 0.15) is 16.7 Å². The molecular formula is C81H60F3N3Si2. The van der Waals surface area contributed by atoms with Crippen LogP contribution in [-0.4, -0.2) is 25.3 Å². The lowest BCUT2D eigenvalue weighted by Gasteiger charge is -2.34. The van der Waals surface area contributed by atoms with Gasteiger partial charge in [-0.15, -0.1) is 0 Å². The van der Waals surface area contributed by atoms with Gasteiger partial charge in [0.1, 0.15) is 0 Å². The summed E-state index contributed by atoms with van der Waals surface area (Å²) in [7, 11) is -6.01. The summed E-state index contributed by atoms with van der Waals surface area (Å²) in [4.78, 5) is 2.13. The minimum Gasteiger partial charge on any atom is -0.310 e. The molecule has 0 spiro atoms. The number of alkyl halides is 3. The van der Waals surface area contributed by atoms with Gasteiger partial charge in [-0.25, -0.2) is 0 Å². The lowest BCUT2D eigenvalue weighted by molar-refractivity contribution is -0.137. The SMILES string of the molecule is Cc1ccc(-n2c3ccc(N(c4ccc(C(F)(F)F)cc4)c4ccc5c(c4)c4cc([Si](c6ccccc6)(c6ccccc6)c6ccccc6)ccc4n5-c4ccc(C)cc4)cc3c3cc([Si](c4ccccc4)(c4ccccc4)c4ccccc4)ccc32)cc1. The molecule has 0 fully saturated rings. The molecule has 0 unspecified atom stereocenters. The standard InChI is InChI=1S/C81H60F3N3Si2/c1-57-33-39-61(40-34-57)86-77-49-45-63(53-73(77)75-55-71(47-51-79(75)86)88(65-21-9-3-10-22-65,66-23-11-4-12-24-66)67-25-13-5-14-26-67)85(60-43-37-59(38-44-60)81(82,83)84)64-46-50-78-74(54-64)76-56-72(48-52-80(76)87(78)62-41-35-58(2)36-42-62)89(68-27-15-6-16-28-68,69-29-17-7-18-30-69)70-31-19-8-20-32-70/h3-56H,1-2H3. The first-order valence-corrected chi connectivity index (χ1v) is 34.2. The molecule has 3 nitrogen and oxygen atoms in total. The summed E-state index contributed by atoms with van der Waals surface area (Å²) in [5.74, 6) is 0. The Kier molecular flexibility index (Phi) is 13.8. The number of halogens is 3. The predicted octanol–water partition coefficient (Wildman–Crippen LogP) is 15.7. The zero-order valence-electron chi connectivity index (χ0n) is 49.2. The number of aryl methyl sites for hydroxylation is 2. The summed E-state index contributed by atoms with van der Waals surface area (Å²) in [5.41, 5.74) is 9.98.